The summed E-state index contributed by atoms with van der Waals surface area (Å²) in [6.45, 7) is 3.85. The van der Waals surface area contributed by atoms with E-state index in [4.69, 9.17) is 4.74 Å². The zero-order valence-corrected chi connectivity index (χ0v) is 6.96. The maximum atomic E-state index is 11.1. The Kier molecular flexibility index (Phi) is 2.65. The van der Waals surface area contributed by atoms with Crippen molar-refractivity contribution in [2.45, 2.75) is 6.92 Å². The van der Waals surface area contributed by atoms with Gasteiger partial charge < -0.3 is 4.74 Å². The third-order valence-electron chi connectivity index (χ3n) is 1.63. The molecule has 0 aromatic carbocycles. The zero-order chi connectivity index (χ0) is 8.27. The number of carbonyl (C=O) groups is 1. The highest BCUT2D eigenvalue weighted by molar-refractivity contribution is 5.89. The molecular weight excluding hydrogens is 142 g/mol. The summed E-state index contributed by atoms with van der Waals surface area (Å²) in [5, 5.41) is 0. The average molecular weight is 155 g/mol. The first-order valence-corrected chi connectivity index (χ1v) is 3.78. The van der Waals surface area contributed by atoms with Gasteiger partial charge in [0.15, 0.2) is 0 Å². The second kappa shape index (κ2) is 3.53. The van der Waals surface area contributed by atoms with Crippen LogP contribution in [0.3, 0.4) is 0 Å². The highest BCUT2D eigenvalue weighted by Crippen LogP contribution is 2.07. The van der Waals surface area contributed by atoms with Crippen molar-refractivity contribution in [2.24, 2.45) is 0 Å². The summed E-state index contributed by atoms with van der Waals surface area (Å²) in [6.07, 6.45) is 1.91. The predicted octanol–water partition coefficient (Wildman–Crippen LogP) is 0.421. The summed E-state index contributed by atoms with van der Waals surface area (Å²) in [5.41, 5.74) is 0.786. The molecule has 0 radical (unpaired) electrons. The SMILES string of the molecule is CCOC(=O)C1=CCN(C)C1. The van der Waals surface area contributed by atoms with Gasteiger partial charge in [-0.25, -0.2) is 4.79 Å². The van der Waals surface area contributed by atoms with Crippen molar-refractivity contribution in [3.63, 3.8) is 0 Å². The fourth-order valence-corrected chi connectivity index (χ4v) is 1.06. The van der Waals surface area contributed by atoms with Crippen LogP contribution in [0.25, 0.3) is 0 Å². The molecule has 0 aromatic rings. The largest absolute Gasteiger partial charge is 0.463 e. The molecule has 0 bridgehead atoms. The summed E-state index contributed by atoms with van der Waals surface area (Å²) in [6, 6.07) is 0. The fourth-order valence-electron chi connectivity index (χ4n) is 1.06. The van der Waals surface area contributed by atoms with Crippen LogP contribution >= 0.6 is 0 Å². The molecule has 1 aliphatic heterocycles. The van der Waals surface area contributed by atoms with Gasteiger partial charge in [-0.15, -0.1) is 0 Å². The monoisotopic (exact) mass is 155 g/mol. The van der Waals surface area contributed by atoms with Crippen LogP contribution in [0.2, 0.25) is 0 Å². The van der Waals surface area contributed by atoms with Crippen molar-refractivity contribution in [1.29, 1.82) is 0 Å². The number of carbonyl (C=O) groups excluding carboxylic acids is 1. The molecule has 0 N–H and O–H groups in total. The molecule has 11 heavy (non-hydrogen) atoms. The number of ether oxygens (including phenoxy) is 1. The molecule has 0 aliphatic carbocycles. The van der Waals surface area contributed by atoms with E-state index < -0.39 is 0 Å². The Hall–Kier alpha value is -0.830. The van der Waals surface area contributed by atoms with E-state index in [1.165, 1.54) is 0 Å². The van der Waals surface area contributed by atoms with Gasteiger partial charge >= 0.3 is 5.97 Å². The second-order valence-corrected chi connectivity index (χ2v) is 2.65. The summed E-state index contributed by atoms with van der Waals surface area (Å²) in [7, 11) is 1.97. The van der Waals surface area contributed by atoms with Crippen molar-refractivity contribution in [2.75, 3.05) is 26.7 Å². The maximum absolute atomic E-state index is 11.1. The van der Waals surface area contributed by atoms with Crippen molar-refractivity contribution in [3.8, 4) is 0 Å². The molecule has 0 spiro atoms. The van der Waals surface area contributed by atoms with Crippen LogP contribution < -0.4 is 0 Å². The van der Waals surface area contributed by atoms with Gasteiger partial charge in [-0.2, -0.15) is 0 Å². The Morgan fingerprint density at radius 3 is 3.00 bits per heavy atom. The minimum atomic E-state index is -0.170. The number of esters is 1. The predicted molar refractivity (Wildman–Crippen MR) is 42.2 cm³/mol. The van der Waals surface area contributed by atoms with Crippen molar-refractivity contribution in [3.05, 3.63) is 11.6 Å². The summed E-state index contributed by atoms with van der Waals surface area (Å²) in [5.74, 6) is -0.170. The number of nitrogens with zero attached hydrogens (tertiary/aromatic N) is 1. The molecule has 1 heterocycles. The Bertz CT molecular complexity index is 187. The topological polar surface area (TPSA) is 29.5 Å². The minimum Gasteiger partial charge on any atom is -0.463 e. The molecule has 1 aliphatic rings. The molecule has 3 nitrogen and oxygen atoms in total. The van der Waals surface area contributed by atoms with Gasteiger partial charge in [-0.1, -0.05) is 6.08 Å². The third-order valence-corrected chi connectivity index (χ3v) is 1.63. The van der Waals surface area contributed by atoms with Crippen LogP contribution in [0.15, 0.2) is 11.6 Å². The summed E-state index contributed by atoms with van der Waals surface area (Å²) >= 11 is 0. The highest BCUT2D eigenvalue weighted by Gasteiger charge is 2.17. The van der Waals surface area contributed by atoms with E-state index in [0.29, 0.717) is 6.61 Å². The quantitative estimate of drug-likeness (QED) is 0.541. The number of hydrogen-bond donors (Lipinski definition) is 0. The third kappa shape index (κ3) is 2.05. The zero-order valence-electron chi connectivity index (χ0n) is 6.96. The molecule has 0 atom stereocenters. The van der Waals surface area contributed by atoms with Crippen molar-refractivity contribution >= 4 is 5.97 Å². The first-order valence-electron chi connectivity index (χ1n) is 3.78. The molecular formula is C8H13NO2. The molecule has 0 unspecified atom stereocenters. The van der Waals surface area contributed by atoms with E-state index in [0.717, 1.165) is 18.7 Å². The van der Waals surface area contributed by atoms with E-state index >= 15 is 0 Å². The lowest BCUT2D eigenvalue weighted by Crippen LogP contribution is -2.17. The molecule has 0 fully saturated rings. The Labute approximate surface area is 66.6 Å². The summed E-state index contributed by atoms with van der Waals surface area (Å²) < 4.78 is 4.84. The van der Waals surface area contributed by atoms with E-state index in [-0.39, 0.29) is 5.97 Å². The number of hydrogen-bond acceptors (Lipinski definition) is 3. The molecule has 1 rings (SSSR count). The molecule has 0 amide bonds. The van der Waals surface area contributed by atoms with Crippen LogP contribution in [-0.2, 0) is 9.53 Å². The van der Waals surface area contributed by atoms with E-state index in [1.807, 2.05) is 20.0 Å². The Morgan fingerprint density at radius 1 is 1.82 bits per heavy atom. The Morgan fingerprint density at radius 2 is 2.55 bits per heavy atom. The standard InChI is InChI=1S/C8H13NO2/c1-3-11-8(10)7-4-5-9(2)6-7/h4H,3,5-6H2,1-2H3. The van der Waals surface area contributed by atoms with E-state index in [9.17, 15) is 4.79 Å². The lowest BCUT2D eigenvalue weighted by Gasteiger charge is -2.06. The molecule has 0 aromatic heterocycles. The van der Waals surface area contributed by atoms with Gasteiger partial charge in [0, 0.05) is 18.7 Å². The average Bonchev–Trinajstić information content (AvgIpc) is 2.36. The Balaban J connectivity index is 2.43. The first kappa shape index (κ1) is 8.27. The molecule has 0 saturated heterocycles. The number of likely N-dealkylation sites (N-methyl/N-ethyl adjacent to an activating group) is 1. The maximum Gasteiger partial charge on any atom is 0.335 e. The minimum absolute atomic E-state index is 0.170. The van der Waals surface area contributed by atoms with Gasteiger partial charge in [-0.05, 0) is 14.0 Å². The van der Waals surface area contributed by atoms with Crippen LogP contribution in [-0.4, -0.2) is 37.6 Å². The normalized spacial score (nSPS) is 18.2. The lowest BCUT2D eigenvalue weighted by molar-refractivity contribution is -0.138. The van der Waals surface area contributed by atoms with Gasteiger partial charge in [0.2, 0.25) is 0 Å². The summed E-state index contributed by atoms with van der Waals surface area (Å²) in [4.78, 5) is 13.1. The van der Waals surface area contributed by atoms with E-state index in [1.54, 1.807) is 0 Å². The highest BCUT2D eigenvalue weighted by atomic mass is 16.5. The van der Waals surface area contributed by atoms with Gasteiger partial charge in [-0.3, -0.25) is 4.90 Å². The van der Waals surface area contributed by atoms with Crippen molar-refractivity contribution < 1.29 is 9.53 Å². The second-order valence-electron chi connectivity index (χ2n) is 2.65. The smallest absolute Gasteiger partial charge is 0.335 e. The van der Waals surface area contributed by atoms with Gasteiger partial charge in [0.05, 0.1) is 6.61 Å². The molecule has 0 saturated carbocycles. The number of rotatable bonds is 2. The molecule has 3 heteroatoms. The first-order chi connectivity index (χ1) is 5.24. The van der Waals surface area contributed by atoms with Crippen LogP contribution in [0.5, 0.6) is 0 Å². The van der Waals surface area contributed by atoms with Gasteiger partial charge in [0.25, 0.3) is 0 Å². The van der Waals surface area contributed by atoms with E-state index in [2.05, 4.69) is 4.90 Å². The lowest BCUT2D eigenvalue weighted by atomic mass is 10.3. The van der Waals surface area contributed by atoms with Crippen LogP contribution in [0.4, 0.5) is 0 Å². The van der Waals surface area contributed by atoms with Crippen molar-refractivity contribution in [1.82, 2.24) is 4.90 Å². The van der Waals surface area contributed by atoms with Gasteiger partial charge in [0.1, 0.15) is 0 Å². The fraction of sp³-hybridized carbons (Fsp3) is 0.625. The van der Waals surface area contributed by atoms with Crippen LogP contribution in [0.1, 0.15) is 6.92 Å². The molecule has 62 valence electrons. The van der Waals surface area contributed by atoms with Crippen LogP contribution in [0, 0.1) is 0 Å².